The molecule has 0 radical (unpaired) electrons. The van der Waals surface area contributed by atoms with Crippen LogP contribution in [-0.2, 0) is 0 Å². The van der Waals surface area contributed by atoms with Gasteiger partial charge in [-0.3, -0.25) is 4.79 Å². The van der Waals surface area contributed by atoms with Crippen molar-refractivity contribution in [1.29, 1.82) is 0 Å². The molecule has 1 aliphatic heterocycles. The molecule has 5 heteroatoms. The third-order valence-corrected chi connectivity index (χ3v) is 4.07. The maximum atomic E-state index is 12.5. The summed E-state index contributed by atoms with van der Waals surface area (Å²) in [6, 6.07) is 8.40. The normalized spacial score (nSPS) is 23.4. The minimum Gasteiger partial charge on any atom is -0.333 e. The molecule has 0 aromatic heterocycles. The molecule has 2 rings (SSSR count). The molecule has 1 heterocycles. The molecule has 2 atom stereocenters. The molecule has 0 saturated carbocycles. The smallest absolute Gasteiger partial charge is 0.255 e. The van der Waals surface area contributed by atoms with Gasteiger partial charge in [-0.15, -0.1) is 12.4 Å². The Hall–Kier alpha value is -0.330. The predicted octanol–water partition coefficient (Wildman–Crippen LogP) is 2.54. The summed E-state index contributed by atoms with van der Waals surface area (Å²) in [5.74, 6) is 0.149. The Morgan fingerprint density at radius 3 is 2.72 bits per heavy atom. The Morgan fingerprint density at radius 1 is 1.39 bits per heavy atom. The molecule has 1 aromatic rings. The molecule has 1 aliphatic rings. The lowest BCUT2D eigenvalue weighted by molar-refractivity contribution is 0.0615. The van der Waals surface area contributed by atoms with Crippen LogP contribution in [0.3, 0.4) is 0 Å². The van der Waals surface area contributed by atoms with E-state index in [2.05, 4.69) is 41.8 Å². The average Bonchev–Trinajstić information content (AvgIpc) is 2.32. The van der Waals surface area contributed by atoms with Gasteiger partial charge in [0.15, 0.2) is 0 Å². The number of carbonyl (C=O) groups excluding carboxylic acids is 1. The van der Waals surface area contributed by atoms with Crippen LogP contribution in [0.2, 0.25) is 0 Å². The molecule has 1 saturated heterocycles. The Balaban J connectivity index is 0.00000162. The third kappa shape index (κ3) is 3.36. The van der Waals surface area contributed by atoms with E-state index in [4.69, 9.17) is 0 Å². The zero-order chi connectivity index (χ0) is 12.4. The highest BCUT2D eigenvalue weighted by Crippen LogP contribution is 2.17. The molecule has 2 unspecified atom stereocenters. The molecule has 100 valence electrons. The van der Waals surface area contributed by atoms with Crippen molar-refractivity contribution in [3.05, 3.63) is 33.4 Å². The summed E-state index contributed by atoms with van der Waals surface area (Å²) in [5, 5.41) is 3.39. The van der Waals surface area contributed by atoms with E-state index in [0.717, 1.165) is 22.2 Å². The first-order valence-electron chi connectivity index (χ1n) is 5.88. The second kappa shape index (κ2) is 6.73. The molecule has 0 aliphatic carbocycles. The van der Waals surface area contributed by atoms with Crippen molar-refractivity contribution in [2.75, 3.05) is 13.1 Å². The molecule has 1 N–H and O–H groups in total. The Kier molecular flexibility index (Phi) is 5.88. The summed E-state index contributed by atoms with van der Waals surface area (Å²) in [4.78, 5) is 14.4. The Labute approximate surface area is 128 Å². The van der Waals surface area contributed by atoms with E-state index >= 15 is 0 Å². The SMILES string of the molecule is CC1CN(C(=O)c2ccccc2I)C(C)CN1.Cl. The number of carbonyl (C=O) groups is 1. The monoisotopic (exact) mass is 380 g/mol. The minimum atomic E-state index is 0. The number of hydrogen-bond acceptors (Lipinski definition) is 2. The topological polar surface area (TPSA) is 32.3 Å². The summed E-state index contributed by atoms with van der Waals surface area (Å²) in [6.07, 6.45) is 0. The van der Waals surface area contributed by atoms with Crippen LogP contribution in [0.25, 0.3) is 0 Å². The van der Waals surface area contributed by atoms with E-state index < -0.39 is 0 Å². The highest BCUT2D eigenvalue weighted by molar-refractivity contribution is 14.1. The van der Waals surface area contributed by atoms with E-state index in [-0.39, 0.29) is 24.4 Å². The lowest BCUT2D eigenvalue weighted by Gasteiger charge is -2.37. The van der Waals surface area contributed by atoms with Crippen molar-refractivity contribution < 1.29 is 4.79 Å². The Morgan fingerprint density at radius 2 is 2.06 bits per heavy atom. The van der Waals surface area contributed by atoms with Crippen LogP contribution in [0.15, 0.2) is 24.3 Å². The summed E-state index contributed by atoms with van der Waals surface area (Å²) >= 11 is 2.22. The highest BCUT2D eigenvalue weighted by atomic mass is 127. The van der Waals surface area contributed by atoms with Crippen molar-refractivity contribution in [2.45, 2.75) is 25.9 Å². The first-order chi connectivity index (χ1) is 8.09. The average molecular weight is 381 g/mol. The van der Waals surface area contributed by atoms with Crippen LogP contribution in [0.4, 0.5) is 0 Å². The molecule has 1 aromatic carbocycles. The lowest BCUT2D eigenvalue weighted by Crippen LogP contribution is -2.56. The number of benzene rings is 1. The molecular formula is C13H18ClIN2O. The minimum absolute atomic E-state index is 0. The molecule has 1 fully saturated rings. The molecular weight excluding hydrogens is 363 g/mol. The van der Waals surface area contributed by atoms with Crippen molar-refractivity contribution >= 4 is 40.9 Å². The van der Waals surface area contributed by atoms with Gasteiger partial charge < -0.3 is 10.2 Å². The summed E-state index contributed by atoms with van der Waals surface area (Å²) in [7, 11) is 0. The van der Waals surface area contributed by atoms with Crippen molar-refractivity contribution in [2.24, 2.45) is 0 Å². The zero-order valence-corrected chi connectivity index (χ0v) is 13.5. The van der Waals surface area contributed by atoms with Gasteiger partial charge in [0.2, 0.25) is 0 Å². The fourth-order valence-electron chi connectivity index (χ4n) is 2.09. The second-order valence-electron chi connectivity index (χ2n) is 4.60. The van der Waals surface area contributed by atoms with Gasteiger partial charge in [0, 0.05) is 28.7 Å². The number of piperazine rings is 1. The number of halogens is 2. The first-order valence-corrected chi connectivity index (χ1v) is 6.96. The molecule has 0 spiro atoms. The van der Waals surface area contributed by atoms with Crippen LogP contribution in [0, 0.1) is 3.57 Å². The largest absolute Gasteiger partial charge is 0.333 e. The van der Waals surface area contributed by atoms with Crippen LogP contribution >= 0.6 is 35.0 Å². The van der Waals surface area contributed by atoms with Gasteiger partial charge in [-0.25, -0.2) is 0 Å². The first kappa shape index (κ1) is 15.7. The van der Waals surface area contributed by atoms with Gasteiger partial charge in [0.1, 0.15) is 0 Å². The van der Waals surface area contributed by atoms with E-state index in [1.54, 1.807) is 0 Å². The van der Waals surface area contributed by atoms with E-state index in [0.29, 0.717) is 6.04 Å². The van der Waals surface area contributed by atoms with Crippen LogP contribution < -0.4 is 5.32 Å². The highest BCUT2D eigenvalue weighted by Gasteiger charge is 2.27. The van der Waals surface area contributed by atoms with Crippen LogP contribution in [0.5, 0.6) is 0 Å². The number of amides is 1. The van der Waals surface area contributed by atoms with E-state index in [9.17, 15) is 4.79 Å². The van der Waals surface area contributed by atoms with Gasteiger partial charge >= 0.3 is 0 Å². The van der Waals surface area contributed by atoms with Gasteiger partial charge in [-0.2, -0.15) is 0 Å². The quantitative estimate of drug-likeness (QED) is 0.760. The number of hydrogen-bond donors (Lipinski definition) is 1. The summed E-state index contributed by atoms with van der Waals surface area (Å²) < 4.78 is 1.02. The fourth-order valence-corrected chi connectivity index (χ4v) is 2.71. The maximum Gasteiger partial charge on any atom is 0.255 e. The molecule has 1 amide bonds. The zero-order valence-electron chi connectivity index (χ0n) is 10.5. The second-order valence-corrected chi connectivity index (χ2v) is 5.76. The van der Waals surface area contributed by atoms with E-state index in [1.807, 2.05) is 29.2 Å². The molecule has 18 heavy (non-hydrogen) atoms. The Bertz CT molecular complexity index is 427. The maximum absolute atomic E-state index is 12.5. The van der Waals surface area contributed by atoms with Crippen LogP contribution in [-0.4, -0.2) is 36.0 Å². The fraction of sp³-hybridized carbons (Fsp3) is 0.462. The van der Waals surface area contributed by atoms with E-state index in [1.165, 1.54) is 0 Å². The number of nitrogens with zero attached hydrogens (tertiary/aromatic N) is 1. The molecule has 0 bridgehead atoms. The van der Waals surface area contributed by atoms with Crippen molar-refractivity contribution in [3.8, 4) is 0 Å². The van der Waals surface area contributed by atoms with Crippen LogP contribution in [0.1, 0.15) is 24.2 Å². The number of nitrogens with one attached hydrogen (secondary N) is 1. The van der Waals surface area contributed by atoms with Gasteiger partial charge in [0.25, 0.3) is 5.91 Å². The number of rotatable bonds is 1. The summed E-state index contributed by atoms with van der Waals surface area (Å²) in [5.41, 5.74) is 0.814. The van der Waals surface area contributed by atoms with Crippen molar-refractivity contribution in [3.63, 3.8) is 0 Å². The standard InChI is InChI=1S/C13H17IN2O.ClH/c1-9-8-16(10(2)7-15-9)13(17)11-5-3-4-6-12(11)14;/h3-6,9-10,15H,7-8H2,1-2H3;1H. The summed E-state index contributed by atoms with van der Waals surface area (Å²) in [6.45, 7) is 5.86. The van der Waals surface area contributed by atoms with Gasteiger partial charge in [-0.1, -0.05) is 12.1 Å². The lowest BCUT2D eigenvalue weighted by atomic mass is 10.1. The van der Waals surface area contributed by atoms with Gasteiger partial charge in [0.05, 0.1) is 5.56 Å². The predicted molar refractivity (Wildman–Crippen MR) is 84.4 cm³/mol. The molecule has 3 nitrogen and oxygen atoms in total. The van der Waals surface area contributed by atoms with Gasteiger partial charge in [-0.05, 0) is 48.6 Å². The van der Waals surface area contributed by atoms with Crippen molar-refractivity contribution in [1.82, 2.24) is 10.2 Å². The third-order valence-electron chi connectivity index (χ3n) is 3.13.